The Balaban J connectivity index is 5.47. The molecule has 0 rings (SSSR count). The second-order valence-corrected chi connectivity index (χ2v) is 7.61. The number of amides is 4. The summed E-state index contributed by atoms with van der Waals surface area (Å²) >= 11 is 0. The number of primary amides is 1. The molecule has 0 saturated carbocycles. The molecule has 0 fully saturated rings. The molecule has 12 N–H and O–H groups in total. The lowest BCUT2D eigenvalue weighted by Gasteiger charge is -2.24. The Kier molecular flexibility index (Phi) is 14.2. The van der Waals surface area contributed by atoms with Crippen molar-refractivity contribution in [2.75, 3.05) is 6.54 Å². The van der Waals surface area contributed by atoms with Gasteiger partial charge in [0.2, 0.25) is 23.6 Å². The van der Waals surface area contributed by atoms with Crippen molar-refractivity contribution in [3.8, 4) is 0 Å². The molecule has 4 atom stereocenters. The van der Waals surface area contributed by atoms with Gasteiger partial charge in [-0.2, -0.15) is 0 Å². The minimum absolute atomic E-state index is 0.0153. The first-order valence-electron chi connectivity index (χ1n) is 10.6. The van der Waals surface area contributed by atoms with Crippen LogP contribution in [0.25, 0.3) is 0 Å². The molecule has 0 radical (unpaired) electrons. The number of rotatable bonds is 18. The summed E-state index contributed by atoms with van der Waals surface area (Å²) in [6, 6.07) is -6.16. The molecule has 4 unspecified atom stereocenters. The topological polar surface area (TPSA) is 294 Å². The molecule has 0 aliphatic carbocycles. The molecule has 0 saturated heterocycles. The van der Waals surface area contributed by atoms with Crippen molar-refractivity contribution in [3.63, 3.8) is 0 Å². The van der Waals surface area contributed by atoms with E-state index >= 15 is 0 Å². The van der Waals surface area contributed by atoms with Gasteiger partial charge in [-0.1, -0.05) is 0 Å². The maximum atomic E-state index is 12.6. The van der Waals surface area contributed by atoms with Crippen molar-refractivity contribution in [1.82, 2.24) is 16.0 Å². The normalized spacial score (nSPS) is 14.0. The second-order valence-electron chi connectivity index (χ2n) is 7.61. The summed E-state index contributed by atoms with van der Waals surface area (Å²) in [5.41, 5.74) is 16.0. The van der Waals surface area contributed by atoms with E-state index in [1.54, 1.807) is 0 Å². The molecule has 16 heteroatoms. The minimum atomic E-state index is -1.75. The van der Waals surface area contributed by atoms with E-state index in [9.17, 15) is 38.7 Å². The number of carboxylic acid groups (broad SMARTS) is 3. The molecule has 198 valence electrons. The highest BCUT2D eigenvalue weighted by Gasteiger charge is 2.32. The van der Waals surface area contributed by atoms with Crippen LogP contribution in [0.5, 0.6) is 0 Å². The van der Waals surface area contributed by atoms with E-state index in [-0.39, 0.29) is 12.8 Å². The van der Waals surface area contributed by atoms with Crippen molar-refractivity contribution >= 4 is 41.5 Å². The molecular formula is C19H32N6O10. The van der Waals surface area contributed by atoms with Crippen molar-refractivity contribution in [1.29, 1.82) is 0 Å². The van der Waals surface area contributed by atoms with Crippen molar-refractivity contribution in [2.24, 2.45) is 17.2 Å². The molecule has 4 amide bonds. The first-order valence-corrected chi connectivity index (χ1v) is 10.6. The number of carboxylic acids is 3. The fraction of sp³-hybridized carbons (Fsp3) is 0.632. The van der Waals surface area contributed by atoms with Gasteiger partial charge < -0.3 is 48.5 Å². The summed E-state index contributed by atoms with van der Waals surface area (Å²) in [6.45, 7) is 0.303. The van der Waals surface area contributed by atoms with Crippen LogP contribution in [0.15, 0.2) is 0 Å². The number of nitrogens with one attached hydrogen (secondary N) is 3. The maximum Gasteiger partial charge on any atom is 0.326 e. The first-order chi connectivity index (χ1) is 16.3. The molecule has 0 spiro atoms. The number of carbonyl (C=O) groups is 7. The Bertz CT molecular complexity index is 805. The Morgan fingerprint density at radius 2 is 1.20 bits per heavy atom. The minimum Gasteiger partial charge on any atom is -0.481 e. The van der Waals surface area contributed by atoms with Crippen LogP contribution in [0, 0.1) is 0 Å². The lowest BCUT2D eigenvalue weighted by atomic mass is 10.1. The lowest BCUT2D eigenvalue weighted by Crippen LogP contribution is -2.58. The Hall–Kier alpha value is -3.79. The predicted molar refractivity (Wildman–Crippen MR) is 117 cm³/mol. The predicted octanol–water partition coefficient (Wildman–Crippen LogP) is -3.80. The highest BCUT2D eigenvalue weighted by atomic mass is 16.4. The standard InChI is InChI=1S/C19H32N6O10/c20-6-2-1-3-10(19(34)35)23-17(32)11(7-13(22)26)25-18(33)12(8-15(29)30)24-16(31)9(21)4-5-14(27)28/h9-12H,1-8,20-21H2,(H2,22,26)(H,23,32)(H,24,31)(H,25,33)(H,27,28)(H,29,30)(H,34,35). The van der Waals surface area contributed by atoms with Crippen LogP contribution in [0.1, 0.15) is 44.9 Å². The van der Waals surface area contributed by atoms with Crippen LogP contribution in [0.3, 0.4) is 0 Å². The third-order valence-corrected chi connectivity index (χ3v) is 4.62. The molecule has 0 bridgehead atoms. The fourth-order valence-corrected chi connectivity index (χ4v) is 2.78. The van der Waals surface area contributed by atoms with E-state index in [2.05, 4.69) is 16.0 Å². The fourth-order valence-electron chi connectivity index (χ4n) is 2.78. The third-order valence-electron chi connectivity index (χ3n) is 4.62. The van der Waals surface area contributed by atoms with Crippen molar-refractivity contribution < 1.29 is 48.9 Å². The van der Waals surface area contributed by atoms with Gasteiger partial charge in [-0.25, -0.2) is 4.79 Å². The molecule has 0 aromatic rings. The van der Waals surface area contributed by atoms with Gasteiger partial charge >= 0.3 is 17.9 Å². The van der Waals surface area contributed by atoms with Crippen molar-refractivity contribution in [3.05, 3.63) is 0 Å². The summed E-state index contributed by atoms with van der Waals surface area (Å²) in [5.74, 6) is -8.42. The monoisotopic (exact) mass is 504 g/mol. The summed E-state index contributed by atoms with van der Waals surface area (Å²) < 4.78 is 0. The number of hydrogen-bond acceptors (Lipinski definition) is 9. The zero-order chi connectivity index (χ0) is 27.1. The largest absolute Gasteiger partial charge is 0.481 e. The highest BCUT2D eigenvalue weighted by Crippen LogP contribution is 2.04. The van der Waals surface area contributed by atoms with Gasteiger partial charge in [0.05, 0.1) is 18.9 Å². The zero-order valence-corrected chi connectivity index (χ0v) is 18.9. The van der Waals surface area contributed by atoms with Crippen LogP contribution < -0.4 is 33.2 Å². The van der Waals surface area contributed by atoms with Crippen molar-refractivity contribution in [2.45, 2.75) is 69.1 Å². The summed E-state index contributed by atoms with van der Waals surface area (Å²) in [5, 5.41) is 33.3. The van der Waals surface area contributed by atoms with E-state index in [1.807, 2.05) is 0 Å². The van der Waals surface area contributed by atoms with Gasteiger partial charge in [0, 0.05) is 6.42 Å². The van der Waals surface area contributed by atoms with Crippen LogP contribution in [-0.2, 0) is 33.6 Å². The van der Waals surface area contributed by atoms with E-state index in [0.29, 0.717) is 19.4 Å². The average Bonchev–Trinajstić information content (AvgIpc) is 2.74. The number of carbonyl (C=O) groups excluding carboxylic acids is 4. The number of aliphatic carboxylic acids is 3. The highest BCUT2D eigenvalue weighted by molar-refractivity contribution is 5.97. The lowest BCUT2D eigenvalue weighted by molar-refractivity contribution is -0.143. The quantitative estimate of drug-likeness (QED) is 0.0812. The third kappa shape index (κ3) is 13.5. The Labute approximate surface area is 199 Å². The molecule has 0 aliphatic heterocycles. The van der Waals surface area contributed by atoms with E-state index in [0.717, 1.165) is 0 Å². The summed E-state index contributed by atoms with van der Waals surface area (Å²) in [6.07, 6.45) is -1.57. The molecular weight excluding hydrogens is 472 g/mol. The smallest absolute Gasteiger partial charge is 0.326 e. The van der Waals surface area contributed by atoms with E-state index in [4.69, 9.17) is 27.4 Å². The maximum absolute atomic E-state index is 12.6. The molecule has 35 heavy (non-hydrogen) atoms. The average molecular weight is 504 g/mol. The second kappa shape index (κ2) is 15.9. The number of nitrogens with two attached hydrogens (primary N) is 3. The Morgan fingerprint density at radius 3 is 1.66 bits per heavy atom. The zero-order valence-electron chi connectivity index (χ0n) is 18.9. The van der Waals surface area contributed by atoms with Crippen LogP contribution in [0.2, 0.25) is 0 Å². The summed E-state index contributed by atoms with van der Waals surface area (Å²) in [4.78, 5) is 82.0. The SMILES string of the molecule is NCCCCC(NC(=O)C(CC(N)=O)NC(=O)C(CC(=O)O)NC(=O)C(N)CCC(=O)O)C(=O)O. The van der Waals surface area contributed by atoms with Crippen LogP contribution in [-0.4, -0.2) is 87.6 Å². The van der Waals surface area contributed by atoms with Gasteiger partial charge in [-0.3, -0.25) is 28.8 Å². The number of hydrogen-bond donors (Lipinski definition) is 9. The molecule has 0 aromatic carbocycles. The molecule has 0 aromatic heterocycles. The van der Waals surface area contributed by atoms with E-state index in [1.165, 1.54) is 0 Å². The Morgan fingerprint density at radius 1 is 0.686 bits per heavy atom. The van der Waals surface area contributed by atoms with Gasteiger partial charge in [-0.05, 0) is 32.2 Å². The van der Waals surface area contributed by atoms with Crippen LogP contribution >= 0.6 is 0 Å². The summed E-state index contributed by atoms with van der Waals surface area (Å²) in [7, 11) is 0. The van der Waals surface area contributed by atoms with Gasteiger partial charge in [-0.15, -0.1) is 0 Å². The number of unbranched alkanes of at least 4 members (excludes halogenated alkanes) is 1. The van der Waals surface area contributed by atoms with Crippen LogP contribution in [0.4, 0.5) is 0 Å². The van der Waals surface area contributed by atoms with E-state index < -0.39 is 85.0 Å². The molecule has 0 heterocycles. The van der Waals surface area contributed by atoms with Gasteiger partial charge in [0.1, 0.15) is 18.1 Å². The van der Waals surface area contributed by atoms with Gasteiger partial charge in [0.15, 0.2) is 0 Å². The first kappa shape index (κ1) is 31.2. The van der Waals surface area contributed by atoms with Gasteiger partial charge in [0.25, 0.3) is 0 Å². The molecule has 16 nitrogen and oxygen atoms in total. The molecule has 0 aliphatic rings.